The van der Waals surface area contributed by atoms with Crippen molar-refractivity contribution in [1.82, 2.24) is 14.7 Å². The van der Waals surface area contributed by atoms with Gasteiger partial charge in [0, 0.05) is 39.8 Å². The molecule has 2 aliphatic rings. The summed E-state index contributed by atoms with van der Waals surface area (Å²) in [5.41, 5.74) is 5.81. The molecule has 2 heterocycles. The van der Waals surface area contributed by atoms with Crippen LogP contribution >= 0.6 is 0 Å². The highest BCUT2D eigenvalue weighted by Crippen LogP contribution is 2.23. The Kier molecular flexibility index (Phi) is 5.05. The molecule has 19 heavy (non-hydrogen) atoms. The molecular weight excluding hydrogens is 240 g/mol. The Bertz CT molecular complexity index is 300. The van der Waals surface area contributed by atoms with Gasteiger partial charge in [-0.05, 0) is 44.7 Å². The number of rotatable bonds is 2. The Balaban J connectivity index is 1.81. The predicted octanol–water partition coefficient (Wildman–Crippen LogP) is 0.803. The largest absolute Gasteiger partial charge is 0.331 e. The molecule has 2 fully saturated rings. The summed E-state index contributed by atoms with van der Waals surface area (Å²) in [5.74, 6) is 0.676. The van der Waals surface area contributed by atoms with Gasteiger partial charge < -0.3 is 15.5 Å². The summed E-state index contributed by atoms with van der Waals surface area (Å²) < 4.78 is 0. The maximum absolute atomic E-state index is 11.9. The van der Waals surface area contributed by atoms with E-state index in [1.165, 1.54) is 19.4 Å². The highest BCUT2D eigenvalue weighted by atomic mass is 16.2. The van der Waals surface area contributed by atoms with Crippen LogP contribution in [0.2, 0.25) is 0 Å². The summed E-state index contributed by atoms with van der Waals surface area (Å²) in [6, 6.07) is 0.803. The zero-order valence-corrected chi connectivity index (χ0v) is 12.3. The second-order valence-electron chi connectivity index (χ2n) is 6.13. The van der Waals surface area contributed by atoms with E-state index in [2.05, 4.69) is 4.90 Å². The Morgan fingerprint density at radius 2 is 1.89 bits per heavy atom. The van der Waals surface area contributed by atoms with Gasteiger partial charge in [-0.1, -0.05) is 0 Å². The molecule has 0 aromatic heterocycles. The van der Waals surface area contributed by atoms with Crippen LogP contribution < -0.4 is 5.73 Å². The number of carbonyl (C=O) groups is 1. The van der Waals surface area contributed by atoms with Crippen molar-refractivity contribution in [2.45, 2.75) is 31.7 Å². The maximum Gasteiger partial charge on any atom is 0.319 e. The third-order valence-electron chi connectivity index (χ3n) is 4.52. The zero-order valence-electron chi connectivity index (χ0n) is 12.3. The number of amides is 2. The van der Waals surface area contributed by atoms with Gasteiger partial charge in [0.05, 0.1) is 0 Å². The SMILES string of the molecule is CN(C)C(=O)N1CCC(N2CCCC(CN)C2)CC1. The maximum atomic E-state index is 11.9. The van der Waals surface area contributed by atoms with Gasteiger partial charge in [-0.2, -0.15) is 0 Å². The van der Waals surface area contributed by atoms with E-state index in [9.17, 15) is 4.79 Å². The third-order valence-corrected chi connectivity index (χ3v) is 4.52. The second kappa shape index (κ2) is 6.57. The van der Waals surface area contributed by atoms with Crippen LogP contribution in [-0.2, 0) is 0 Å². The molecule has 110 valence electrons. The fourth-order valence-electron chi connectivity index (χ4n) is 3.33. The van der Waals surface area contributed by atoms with Crippen LogP contribution in [-0.4, -0.2) is 73.6 Å². The van der Waals surface area contributed by atoms with Crippen LogP contribution in [0, 0.1) is 5.92 Å². The normalized spacial score (nSPS) is 26.5. The van der Waals surface area contributed by atoms with Crippen LogP contribution in [0.4, 0.5) is 4.79 Å². The molecular formula is C14H28N4O. The van der Waals surface area contributed by atoms with Crippen molar-refractivity contribution in [3.63, 3.8) is 0 Å². The quantitative estimate of drug-likeness (QED) is 0.806. The number of piperidine rings is 2. The summed E-state index contributed by atoms with van der Waals surface area (Å²) in [4.78, 5) is 18.2. The molecule has 2 rings (SSSR count). The number of hydrogen-bond donors (Lipinski definition) is 1. The number of carbonyl (C=O) groups excluding carboxylic acids is 1. The van der Waals surface area contributed by atoms with E-state index >= 15 is 0 Å². The lowest BCUT2D eigenvalue weighted by molar-refractivity contribution is 0.0765. The van der Waals surface area contributed by atoms with Crippen molar-refractivity contribution in [1.29, 1.82) is 0 Å². The molecule has 0 aliphatic carbocycles. The van der Waals surface area contributed by atoms with E-state index in [-0.39, 0.29) is 6.03 Å². The third kappa shape index (κ3) is 3.60. The number of likely N-dealkylation sites (tertiary alicyclic amines) is 2. The first-order valence-electron chi connectivity index (χ1n) is 7.52. The Hall–Kier alpha value is -0.810. The molecule has 0 bridgehead atoms. The van der Waals surface area contributed by atoms with Crippen molar-refractivity contribution in [2.75, 3.05) is 46.8 Å². The average Bonchev–Trinajstić information content (AvgIpc) is 2.46. The molecule has 1 atom stereocenters. The molecule has 0 spiro atoms. The minimum absolute atomic E-state index is 0.150. The Morgan fingerprint density at radius 3 is 2.47 bits per heavy atom. The highest BCUT2D eigenvalue weighted by molar-refractivity contribution is 5.73. The average molecular weight is 268 g/mol. The fraction of sp³-hybridized carbons (Fsp3) is 0.929. The summed E-state index contributed by atoms with van der Waals surface area (Å²) in [6.07, 6.45) is 4.78. The van der Waals surface area contributed by atoms with E-state index < -0.39 is 0 Å². The standard InChI is InChI=1S/C14H28N4O/c1-16(2)14(19)17-8-5-13(6-9-17)18-7-3-4-12(10-15)11-18/h12-13H,3-11,15H2,1-2H3. The van der Waals surface area contributed by atoms with Crippen LogP contribution in [0.3, 0.4) is 0 Å². The molecule has 2 saturated heterocycles. The summed E-state index contributed by atoms with van der Waals surface area (Å²) in [7, 11) is 3.65. The van der Waals surface area contributed by atoms with Crippen molar-refractivity contribution in [3.05, 3.63) is 0 Å². The van der Waals surface area contributed by atoms with Gasteiger partial charge in [0.1, 0.15) is 0 Å². The summed E-state index contributed by atoms with van der Waals surface area (Å²) >= 11 is 0. The highest BCUT2D eigenvalue weighted by Gasteiger charge is 2.30. The lowest BCUT2D eigenvalue weighted by atomic mass is 9.94. The molecule has 0 aromatic rings. The van der Waals surface area contributed by atoms with Crippen LogP contribution in [0.1, 0.15) is 25.7 Å². The topological polar surface area (TPSA) is 52.8 Å². The van der Waals surface area contributed by atoms with Gasteiger partial charge in [-0.15, -0.1) is 0 Å². The fourth-order valence-corrected chi connectivity index (χ4v) is 3.33. The lowest BCUT2D eigenvalue weighted by Crippen LogP contribution is -2.51. The van der Waals surface area contributed by atoms with Gasteiger partial charge in [-0.25, -0.2) is 4.79 Å². The van der Waals surface area contributed by atoms with E-state index in [1.807, 2.05) is 19.0 Å². The first-order valence-corrected chi connectivity index (χ1v) is 7.52. The molecule has 2 amide bonds. The minimum atomic E-state index is 0.150. The number of nitrogens with zero attached hydrogens (tertiary/aromatic N) is 3. The zero-order chi connectivity index (χ0) is 13.8. The van der Waals surface area contributed by atoms with Crippen molar-refractivity contribution in [3.8, 4) is 0 Å². The predicted molar refractivity (Wildman–Crippen MR) is 77.0 cm³/mol. The molecule has 0 radical (unpaired) electrons. The lowest BCUT2D eigenvalue weighted by Gasteiger charge is -2.42. The van der Waals surface area contributed by atoms with Crippen molar-refractivity contribution in [2.24, 2.45) is 11.7 Å². The van der Waals surface area contributed by atoms with Gasteiger partial charge in [0.25, 0.3) is 0 Å². The van der Waals surface area contributed by atoms with E-state index in [0.717, 1.165) is 39.0 Å². The van der Waals surface area contributed by atoms with Crippen LogP contribution in [0.15, 0.2) is 0 Å². The molecule has 2 N–H and O–H groups in total. The van der Waals surface area contributed by atoms with Gasteiger partial charge in [-0.3, -0.25) is 4.90 Å². The van der Waals surface area contributed by atoms with Gasteiger partial charge >= 0.3 is 6.03 Å². The van der Waals surface area contributed by atoms with Gasteiger partial charge in [0.2, 0.25) is 0 Å². The molecule has 0 aromatic carbocycles. The smallest absolute Gasteiger partial charge is 0.319 e. The molecule has 5 nitrogen and oxygen atoms in total. The number of nitrogens with two attached hydrogens (primary N) is 1. The van der Waals surface area contributed by atoms with Crippen LogP contribution in [0.25, 0.3) is 0 Å². The molecule has 5 heteroatoms. The minimum Gasteiger partial charge on any atom is -0.331 e. The molecule has 2 aliphatic heterocycles. The van der Waals surface area contributed by atoms with E-state index in [0.29, 0.717) is 12.0 Å². The number of hydrogen-bond acceptors (Lipinski definition) is 3. The van der Waals surface area contributed by atoms with Crippen molar-refractivity contribution >= 4 is 6.03 Å². The monoisotopic (exact) mass is 268 g/mol. The van der Waals surface area contributed by atoms with E-state index in [4.69, 9.17) is 5.73 Å². The molecule has 0 saturated carbocycles. The Labute approximate surface area is 116 Å². The van der Waals surface area contributed by atoms with Crippen LogP contribution in [0.5, 0.6) is 0 Å². The first kappa shape index (κ1) is 14.6. The van der Waals surface area contributed by atoms with Gasteiger partial charge in [0.15, 0.2) is 0 Å². The summed E-state index contributed by atoms with van der Waals surface area (Å²) in [5, 5.41) is 0. The van der Waals surface area contributed by atoms with Crippen molar-refractivity contribution < 1.29 is 4.79 Å². The van der Waals surface area contributed by atoms with E-state index in [1.54, 1.807) is 4.90 Å². The molecule has 1 unspecified atom stereocenters. The Morgan fingerprint density at radius 1 is 1.21 bits per heavy atom. The second-order valence-corrected chi connectivity index (χ2v) is 6.13. The summed E-state index contributed by atoms with van der Waals surface area (Å²) in [6.45, 7) is 4.97. The number of urea groups is 1. The first-order chi connectivity index (χ1) is 9.11.